The Morgan fingerprint density at radius 2 is 1.87 bits per heavy atom. The fourth-order valence-electron chi connectivity index (χ4n) is 2.30. The number of benzene rings is 2. The van der Waals surface area contributed by atoms with Crippen LogP contribution in [0.1, 0.15) is 16.7 Å². The molecule has 2 aromatic rings. The lowest BCUT2D eigenvalue weighted by Crippen LogP contribution is -2.28. The maximum Gasteiger partial charge on any atom is 0.258 e. The lowest BCUT2D eigenvalue weighted by atomic mass is 10.1. The van der Waals surface area contributed by atoms with Gasteiger partial charge in [0.1, 0.15) is 11.5 Å². The molecule has 0 fully saturated rings. The number of nitrogens with one attached hydrogen (secondary N) is 1. The predicted molar refractivity (Wildman–Crippen MR) is 91.3 cm³/mol. The summed E-state index contributed by atoms with van der Waals surface area (Å²) in [6.45, 7) is 4.20. The topological polar surface area (TPSA) is 47.6 Å². The molecule has 0 aromatic heterocycles. The highest BCUT2D eigenvalue weighted by molar-refractivity contribution is 6.30. The highest BCUT2D eigenvalue weighted by Gasteiger charge is 2.09. The van der Waals surface area contributed by atoms with Crippen LogP contribution in [0.25, 0.3) is 0 Å². The summed E-state index contributed by atoms with van der Waals surface area (Å²) in [6.07, 6.45) is 0. The third kappa shape index (κ3) is 4.89. The molecule has 0 radical (unpaired) electrons. The van der Waals surface area contributed by atoms with E-state index >= 15 is 0 Å². The molecule has 2 rings (SSSR count). The van der Waals surface area contributed by atoms with Crippen molar-refractivity contribution < 1.29 is 14.3 Å². The SMILES string of the molecule is COc1cccc(CNC(=O)COc2c(C)cc(Cl)cc2C)c1. The molecule has 23 heavy (non-hydrogen) atoms. The lowest BCUT2D eigenvalue weighted by molar-refractivity contribution is -0.123. The van der Waals surface area contributed by atoms with Crippen molar-refractivity contribution >= 4 is 17.5 Å². The second-order valence-electron chi connectivity index (χ2n) is 5.29. The molecule has 4 nitrogen and oxygen atoms in total. The van der Waals surface area contributed by atoms with Crippen molar-refractivity contribution in [3.63, 3.8) is 0 Å². The number of aryl methyl sites for hydroxylation is 2. The van der Waals surface area contributed by atoms with Gasteiger partial charge in [0.2, 0.25) is 0 Å². The molecule has 0 atom stereocenters. The quantitative estimate of drug-likeness (QED) is 0.877. The summed E-state index contributed by atoms with van der Waals surface area (Å²) in [6, 6.07) is 11.2. The summed E-state index contributed by atoms with van der Waals surface area (Å²) < 4.78 is 10.8. The van der Waals surface area contributed by atoms with Gasteiger partial charge in [-0.05, 0) is 54.8 Å². The van der Waals surface area contributed by atoms with Crippen molar-refractivity contribution in [2.45, 2.75) is 20.4 Å². The van der Waals surface area contributed by atoms with Crippen molar-refractivity contribution in [3.8, 4) is 11.5 Å². The van der Waals surface area contributed by atoms with Crippen LogP contribution in [0.3, 0.4) is 0 Å². The van der Waals surface area contributed by atoms with Crippen LogP contribution >= 0.6 is 11.6 Å². The van der Waals surface area contributed by atoms with Gasteiger partial charge in [-0.2, -0.15) is 0 Å². The highest BCUT2D eigenvalue weighted by Crippen LogP contribution is 2.26. The fourth-order valence-corrected chi connectivity index (χ4v) is 2.62. The molecule has 122 valence electrons. The molecule has 0 spiro atoms. The number of rotatable bonds is 6. The summed E-state index contributed by atoms with van der Waals surface area (Å²) in [4.78, 5) is 11.9. The van der Waals surface area contributed by atoms with Crippen LogP contribution in [-0.2, 0) is 11.3 Å². The first kappa shape index (κ1) is 17.2. The summed E-state index contributed by atoms with van der Waals surface area (Å²) in [5, 5.41) is 3.49. The van der Waals surface area contributed by atoms with Gasteiger partial charge in [0.25, 0.3) is 5.91 Å². The number of methoxy groups -OCH3 is 1. The zero-order chi connectivity index (χ0) is 16.8. The van der Waals surface area contributed by atoms with E-state index in [2.05, 4.69) is 5.32 Å². The molecular weight excluding hydrogens is 314 g/mol. The van der Waals surface area contributed by atoms with E-state index in [1.54, 1.807) is 7.11 Å². The predicted octanol–water partition coefficient (Wildman–Crippen LogP) is 3.66. The Kier molecular flexibility index (Phi) is 5.88. The van der Waals surface area contributed by atoms with E-state index in [0.717, 1.165) is 22.4 Å². The molecular formula is C18H20ClNO3. The Balaban J connectivity index is 1.88. The molecule has 0 aliphatic rings. The second kappa shape index (κ2) is 7.88. The number of halogens is 1. The van der Waals surface area contributed by atoms with E-state index in [0.29, 0.717) is 17.3 Å². The molecule has 0 heterocycles. The maximum absolute atomic E-state index is 11.9. The van der Waals surface area contributed by atoms with Crippen molar-refractivity contribution in [2.75, 3.05) is 13.7 Å². The fraction of sp³-hybridized carbons (Fsp3) is 0.278. The minimum Gasteiger partial charge on any atom is -0.497 e. The van der Waals surface area contributed by atoms with Crippen molar-refractivity contribution in [2.24, 2.45) is 0 Å². The van der Waals surface area contributed by atoms with Crippen LogP contribution < -0.4 is 14.8 Å². The monoisotopic (exact) mass is 333 g/mol. The van der Waals surface area contributed by atoms with Crippen LogP contribution in [0.4, 0.5) is 0 Å². The Hall–Kier alpha value is -2.20. The number of hydrogen-bond acceptors (Lipinski definition) is 3. The van der Waals surface area contributed by atoms with E-state index in [9.17, 15) is 4.79 Å². The lowest BCUT2D eigenvalue weighted by Gasteiger charge is -2.13. The Labute approximate surface area is 141 Å². The van der Waals surface area contributed by atoms with Crippen LogP contribution in [0.5, 0.6) is 11.5 Å². The van der Waals surface area contributed by atoms with Gasteiger partial charge < -0.3 is 14.8 Å². The van der Waals surface area contributed by atoms with Gasteiger partial charge in [-0.1, -0.05) is 23.7 Å². The summed E-state index contributed by atoms with van der Waals surface area (Å²) >= 11 is 5.98. The molecule has 0 unspecified atom stereocenters. The van der Waals surface area contributed by atoms with Crippen molar-refractivity contribution in [3.05, 3.63) is 58.1 Å². The molecule has 5 heteroatoms. The third-order valence-corrected chi connectivity index (χ3v) is 3.61. The average Bonchev–Trinajstić information content (AvgIpc) is 2.52. The molecule has 0 saturated carbocycles. The summed E-state index contributed by atoms with van der Waals surface area (Å²) in [5.41, 5.74) is 2.79. The summed E-state index contributed by atoms with van der Waals surface area (Å²) in [7, 11) is 1.61. The van der Waals surface area contributed by atoms with Gasteiger partial charge in [-0.25, -0.2) is 0 Å². The van der Waals surface area contributed by atoms with Gasteiger partial charge in [-0.15, -0.1) is 0 Å². The smallest absolute Gasteiger partial charge is 0.258 e. The number of amides is 1. The van der Waals surface area contributed by atoms with Crippen LogP contribution in [0.15, 0.2) is 36.4 Å². The standard InChI is InChI=1S/C18H20ClNO3/c1-12-7-15(19)8-13(2)18(12)23-11-17(21)20-10-14-5-4-6-16(9-14)22-3/h4-9H,10-11H2,1-3H3,(H,20,21). The number of ether oxygens (including phenoxy) is 2. The minimum atomic E-state index is -0.179. The first-order valence-corrected chi connectivity index (χ1v) is 7.66. The number of hydrogen-bond donors (Lipinski definition) is 1. The van der Waals surface area contributed by atoms with E-state index < -0.39 is 0 Å². The largest absolute Gasteiger partial charge is 0.497 e. The van der Waals surface area contributed by atoms with E-state index in [1.807, 2.05) is 50.2 Å². The Bertz CT molecular complexity index is 677. The third-order valence-electron chi connectivity index (χ3n) is 3.40. The molecule has 0 aliphatic heterocycles. The van der Waals surface area contributed by atoms with Crippen LogP contribution in [-0.4, -0.2) is 19.6 Å². The molecule has 2 aromatic carbocycles. The summed E-state index contributed by atoms with van der Waals surface area (Å²) in [5.74, 6) is 1.29. The van der Waals surface area contributed by atoms with Gasteiger partial charge in [0, 0.05) is 11.6 Å². The van der Waals surface area contributed by atoms with E-state index in [1.165, 1.54) is 0 Å². The van der Waals surface area contributed by atoms with Crippen LogP contribution in [0.2, 0.25) is 5.02 Å². The first-order valence-electron chi connectivity index (χ1n) is 7.29. The van der Waals surface area contributed by atoms with Crippen molar-refractivity contribution in [1.82, 2.24) is 5.32 Å². The number of carbonyl (C=O) groups is 1. The molecule has 1 N–H and O–H groups in total. The van der Waals surface area contributed by atoms with E-state index in [4.69, 9.17) is 21.1 Å². The first-order chi connectivity index (χ1) is 11.0. The van der Waals surface area contributed by atoms with E-state index in [-0.39, 0.29) is 12.5 Å². The minimum absolute atomic E-state index is 0.0344. The second-order valence-corrected chi connectivity index (χ2v) is 5.72. The molecule has 0 aliphatic carbocycles. The van der Waals surface area contributed by atoms with Gasteiger partial charge in [0.05, 0.1) is 7.11 Å². The molecule has 1 amide bonds. The number of carbonyl (C=O) groups excluding carboxylic acids is 1. The Morgan fingerprint density at radius 3 is 2.52 bits per heavy atom. The highest BCUT2D eigenvalue weighted by atomic mass is 35.5. The van der Waals surface area contributed by atoms with Crippen LogP contribution in [0, 0.1) is 13.8 Å². The van der Waals surface area contributed by atoms with Gasteiger partial charge in [0.15, 0.2) is 6.61 Å². The Morgan fingerprint density at radius 1 is 1.17 bits per heavy atom. The zero-order valence-electron chi connectivity index (χ0n) is 13.5. The maximum atomic E-state index is 11.9. The average molecular weight is 334 g/mol. The normalized spacial score (nSPS) is 10.3. The molecule has 0 saturated heterocycles. The van der Waals surface area contributed by atoms with Gasteiger partial charge in [-0.3, -0.25) is 4.79 Å². The zero-order valence-corrected chi connectivity index (χ0v) is 14.2. The van der Waals surface area contributed by atoms with Crippen molar-refractivity contribution in [1.29, 1.82) is 0 Å². The van der Waals surface area contributed by atoms with Gasteiger partial charge >= 0.3 is 0 Å². The molecule has 0 bridgehead atoms.